The fraction of sp³-hybridized carbons (Fsp3) is 0.538. The summed E-state index contributed by atoms with van der Waals surface area (Å²) in [5, 5.41) is 18.2. The van der Waals surface area contributed by atoms with Gasteiger partial charge in [-0.15, -0.1) is 0 Å². The zero-order valence-electron chi connectivity index (χ0n) is 21.9. The van der Waals surface area contributed by atoms with Crippen molar-refractivity contribution in [1.82, 2.24) is 20.9 Å². The standard InChI is InChI=1S/C26H40N6O5S/c1-15(2)11-18(28)23(33)31-21(12-16-13-29-19-8-4-3-7-17(16)19)24(34)32-22(14-38)25(35)30-20(26(36)37)9-5-6-10-27/h3-4,7-8,13,15,18,20-22,29,38H,5-6,9-12,14,27-28H2,1-2H3,(H,30,35)(H,31,33)(H,32,34)(H,36,37). The number of para-hydroxylation sites is 1. The summed E-state index contributed by atoms with van der Waals surface area (Å²) in [5.74, 6) is -2.83. The van der Waals surface area contributed by atoms with Crippen LogP contribution in [0.2, 0.25) is 0 Å². The first-order valence-corrected chi connectivity index (χ1v) is 13.5. The molecule has 1 aromatic heterocycles. The number of thiol groups is 1. The first kappa shape index (κ1) is 31.1. The summed E-state index contributed by atoms with van der Waals surface area (Å²) < 4.78 is 0. The first-order valence-electron chi connectivity index (χ1n) is 12.8. The molecule has 4 unspecified atom stereocenters. The average molecular weight is 549 g/mol. The van der Waals surface area contributed by atoms with Crippen LogP contribution in [-0.4, -0.2) is 70.2 Å². The highest BCUT2D eigenvalue weighted by Crippen LogP contribution is 2.19. The number of fused-ring (bicyclic) bond motifs is 1. The SMILES string of the molecule is CC(C)CC(N)C(=O)NC(Cc1c[nH]c2ccccc12)C(=O)NC(CS)C(=O)NC(CCCCN)C(=O)O. The molecule has 1 aromatic carbocycles. The van der Waals surface area contributed by atoms with E-state index in [9.17, 15) is 24.3 Å². The van der Waals surface area contributed by atoms with E-state index in [1.807, 2.05) is 38.1 Å². The van der Waals surface area contributed by atoms with E-state index in [-0.39, 0.29) is 24.5 Å². The second kappa shape index (κ2) is 15.4. The smallest absolute Gasteiger partial charge is 0.326 e. The van der Waals surface area contributed by atoms with E-state index in [1.54, 1.807) is 6.20 Å². The van der Waals surface area contributed by atoms with Crippen molar-refractivity contribution in [3.05, 3.63) is 36.0 Å². The number of carbonyl (C=O) groups is 4. The van der Waals surface area contributed by atoms with Gasteiger partial charge in [-0.05, 0) is 49.8 Å². The minimum absolute atomic E-state index is 0.0761. The van der Waals surface area contributed by atoms with Crippen LogP contribution in [0.1, 0.15) is 45.1 Å². The Kier molecular flexibility index (Phi) is 12.6. The molecule has 12 heteroatoms. The molecule has 0 saturated carbocycles. The second-order valence-electron chi connectivity index (χ2n) is 9.79. The van der Waals surface area contributed by atoms with Crippen LogP contribution < -0.4 is 27.4 Å². The Hall–Kier alpha value is -3.09. The number of carbonyl (C=O) groups excluding carboxylic acids is 3. The van der Waals surface area contributed by atoms with Crippen molar-refractivity contribution in [2.45, 2.75) is 70.1 Å². The van der Waals surface area contributed by atoms with Crippen LogP contribution in [0.25, 0.3) is 10.9 Å². The van der Waals surface area contributed by atoms with Gasteiger partial charge >= 0.3 is 5.97 Å². The number of carboxylic acid groups (broad SMARTS) is 1. The van der Waals surface area contributed by atoms with Gasteiger partial charge in [-0.3, -0.25) is 14.4 Å². The largest absolute Gasteiger partial charge is 0.480 e. The van der Waals surface area contributed by atoms with Crippen molar-refractivity contribution in [3.8, 4) is 0 Å². The maximum absolute atomic E-state index is 13.4. The first-order chi connectivity index (χ1) is 18.1. The number of nitrogens with two attached hydrogens (primary N) is 2. The van der Waals surface area contributed by atoms with E-state index in [4.69, 9.17) is 11.5 Å². The summed E-state index contributed by atoms with van der Waals surface area (Å²) in [4.78, 5) is 53.8. The molecular formula is C26H40N6O5S. The highest BCUT2D eigenvalue weighted by molar-refractivity contribution is 7.80. The van der Waals surface area contributed by atoms with Gasteiger partial charge in [0.05, 0.1) is 6.04 Å². The van der Waals surface area contributed by atoms with Crippen LogP contribution in [0.3, 0.4) is 0 Å². The molecule has 0 radical (unpaired) electrons. The van der Waals surface area contributed by atoms with Crippen LogP contribution in [0.15, 0.2) is 30.5 Å². The molecule has 0 saturated heterocycles. The van der Waals surface area contributed by atoms with E-state index in [0.717, 1.165) is 16.5 Å². The van der Waals surface area contributed by atoms with Crippen LogP contribution >= 0.6 is 12.6 Å². The lowest BCUT2D eigenvalue weighted by Gasteiger charge is -2.25. The molecule has 0 aliphatic carbocycles. The Labute approximate surface area is 228 Å². The highest BCUT2D eigenvalue weighted by atomic mass is 32.1. The monoisotopic (exact) mass is 548 g/mol. The van der Waals surface area contributed by atoms with Crippen LogP contribution in [0, 0.1) is 5.92 Å². The Morgan fingerprint density at radius 3 is 2.24 bits per heavy atom. The maximum atomic E-state index is 13.4. The number of hydrogen-bond donors (Lipinski definition) is 8. The number of rotatable bonds is 16. The van der Waals surface area contributed by atoms with Gasteiger partial charge in [0.2, 0.25) is 17.7 Å². The quantitative estimate of drug-likeness (QED) is 0.112. The summed E-state index contributed by atoms with van der Waals surface area (Å²) in [6.45, 7) is 4.30. The number of hydrogen-bond acceptors (Lipinski definition) is 7. The fourth-order valence-corrected chi connectivity index (χ4v) is 4.37. The molecule has 0 aliphatic heterocycles. The molecule has 4 atom stereocenters. The van der Waals surface area contributed by atoms with Crippen LogP contribution in [0.4, 0.5) is 0 Å². The summed E-state index contributed by atoms with van der Waals surface area (Å²) in [6, 6.07) is 3.49. The van der Waals surface area contributed by atoms with E-state index < -0.39 is 47.9 Å². The zero-order chi connectivity index (χ0) is 28.2. The Balaban J connectivity index is 2.19. The summed E-state index contributed by atoms with van der Waals surface area (Å²) in [6.07, 6.45) is 3.72. The van der Waals surface area contributed by atoms with Gasteiger partial charge in [0, 0.05) is 29.3 Å². The van der Waals surface area contributed by atoms with Gasteiger partial charge in [-0.25, -0.2) is 4.79 Å². The fourth-order valence-electron chi connectivity index (χ4n) is 4.11. The number of H-pyrrole nitrogens is 1. The predicted molar refractivity (Wildman–Crippen MR) is 150 cm³/mol. The molecule has 2 rings (SSSR count). The molecule has 2 aromatic rings. The third-order valence-corrected chi connectivity index (χ3v) is 6.54. The lowest BCUT2D eigenvalue weighted by molar-refractivity contribution is -0.142. The van der Waals surface area contributed by atoms with Gasteiger partial charge in [0.15, 0.2) is 0 Å². The van der Waals surface area contributed by atoms with Crippen molar-refractivity contribution in [2.24, 2.45) is 17.4 Å². The van der Waals surface area contributed by atoms with Crippen molar-refractivity contribution >= 4 is 47.2 Å². The van der Waals surface area contributed by atoms with Gasteiger partial charge < -0.3 is 37.5 Å². The minimum Gasteiger partial charge on any atom is -0.480 e. The third-order valence-electron chi connectivity index (χ3n) is 6.17. The van der Waals surface area contributed by atoms with Gasteiger partial charge in [0.25, 0.3) is 0 Å². The second-order valence-corrected chi connectivity index (χ2v) is 10.2. The van der Waals surface area contributed by atoms with Crippen LogP contribution in [-0.2, 0) is 25.6 Å². The molecule has 1 heterocycles. The molecule has 3 amide bonds. The number of amides is 3. The number of nitrogens with one attached hydrogen (secondary N) is 4. The number of aromatic amines is 1. The Morgan fingerprint density at radius 1 is 0.974 bits per heavy atom. The number of unbranched alkanes of at least 4 members (excludes halogenated alkanes) is 1. The van der Waals surface area contributed by atoms with Gasteiger partial charge in [-0.2, -0.15) is 12.6 Å². The highest BCUT2D eigenvalue weighted by Gasteiger charge is 2.30. The van der Waals surface area contributed by atoms with Gasteiger partial charge in [0.1, 0.15) is 18.1 Å². The Bertz CT molecular complexity index is 1090. The van der Waals surface area contributed by atoms with Crippen molar-refractivity contribution in [2.75, 3.05) is 12.3 Å². The molecule has 9 N–H and O–H groups in total. The summed E-state index contributed by atoms with van der Waals surface area (Å²) in [7, 11) is 0. The zero-order valence-corrected chi connectivity index (χ0v) is 22.8. The molecule has 0 aliphatic rings. The lowest BCUT2D eigenvalue weighted by atomic mass is 10.0. The van der Waals surface area contributed by atoms with Gasteiger partial charge in [-0.1, -0.05) is 32.0 Å². The molecule has 0 bridgehead atoms. The van der Waals surface area contributed by atoms with E-state index >= 15 is 0 Å². The molecule has 38 heavy (non-hydrogen) atoms. The summed E-state index contributed by atoms with van der Waals surface area (Å²) in [5.41, 5.74) is 13.2. The van der Waals surface area contributed by atoms with E-state index in [0.29, 0.717) is 25.8 Å². The summed E-state index contributed by atoms with van der Waals surface area (Å²) >= 11 is 4.18. The number of benzene rings is 1. The molecule has 11 nitrogen and oxygen atoms in total. The minimum atomic E-state index is -1.18. The predicted octanol–water partition coefficient (Wildman–Crippen LogP) is 0.682. The third kappa shape index (κ3) is 9.34. The molecule has 0 spiro atoms. The number of aromatic nitrogens is 1. The van der Waals surface area contributed by atoms with Crippen molar-refractivity contribution in [1.29, 1.82) is 0 Å². The Morgan fingerprint density at radius 2 is 1.61 bits per heavy atom. The molecule has 0 fully saturated rings. The van der Waals surface area contributed by atoms with E-state index in [1.165, 1.54) is 0 Å². The van der Waals surface area contributed by atoms with E-state index in [2.05, 4.69) is 33.6 Å². The van der Waals surface area contributed by atoms with Crippen molar-refractivity contribution in [3.63, 3.8) is 0 Å². The number of aliphatic carboxylic acids is 1. The molecular weight excluding hydrogens is 508 g/mol. The van der Waals surface area contributed by atoms with Crippen LogP contribution in [0.5, 0.6) is 0 Å². The topological polar surface area (TPSA) is 192 Å². The lowest BCUT2D eigenvalue weighted by Crippen LogP contribution is -2.58. The molecule has 210 valence electrons. The number of carboxylic acids is 1. The van der Waals surface area contributed by atoms with Crippen molar-refractivity contribution < 1.29 is 24.3 Å². The maximum Gasteiger partial charge on any atom is 0.326 e. The normalized spacial score (nSPS) is 14.5. The average Bonchev–Trinajstić information content (AvgIpc) is 3.28.